The second-order valence-corrected chi connectivity index (χ2v) is 12.6. The van der Waals surface area contributed by atoms with Crippen molar-refractivity contribution in [2.45, 2.75) is 75.7 Å². The topological polar surface area (TPSA) is 204 Å². The number of allylic oxidation sites excluding steroid dienone is 1. The molecule has 0 unspecified atom stereocenters. The van der Waals surface area contributed by atoms with Crippen LogP contribution in [0.2, 0.25) is 0 Å². The van der Waals surface area contributed by atoms with Crippen LogP contribution in [0.4, 0.5) is 5.69 Å². The third kappa shape index (κ3) is 6.21. The fourth-order valence-electron chi connectivity index (χ4n) is 6.37. The molecular formula is C32H39N3O11. The zero-order chi connectivity index (χ0) is 32.7. The molecule has 0 saturated carbocycles. The molecule has 14 nitrogen and oxygen atoms in total. The van der Waals surface area contributed by atoms with Crippen LogP contribution in [0.25, 0.3) is 11.0 Å². The lowest BCUT2D eigenvalue weighted by molar-refractivity contribution is -0.360. The number of anilines is 1. The van der Waals surface area contributed by atoms with E-state index < -0.39 is 49.3 Å². The number of carbonyl (C=O) groups is 1. The third-order valence-corrected chi connectivity index (χ3v) is 9.15. The van der Waals surface area contributed by atoms with Gasteiger partial charge < -0.3 is 44.9 Å². The average Bonchev–Trinajstić information content (AvgIpc) is 3.75. The van der Waals surface area contributed by atoms with Crippen LogP contribution in [-0.2, 0) is 21.0 Å². The maximum Gasteiger partial charge on any atom is 0.220 e. The Labute approximate surface area is 264 Å². The first-order valence-corrected chi connectivity index (χ1v) is 15.4. The summed E-state index contributed by atoms with van der Waals surface area (Å²) in [7, 11) is 0. The van der Waals surface area contributed by atoms with Crippen molar-refractivity contribution in [2.75, 3.05) is 31.2 Å². The van der Waals surface area contributed by atoms with Gasteiger partial charge in [0.25, 0.3) is 0 Å². The van der Waals surface area contributed by atoms with Gasteiger partial charge in [-0.1, -0.05) is 0 Å². The lowest BCUT2D eigenvalue weighted by atomic mass is 9.83. The smallest absolute Gasteiger partial charge is 0.220 e. The van der Waals surface area contributed by atoms with Crippen LogP contribution in [0.1, 0.15) is 37.5 Å². The first-order chi connectivity index (χ1) is 22.0. The molecular weight excluding hydrogens is 602 g/mol. The normalized spacial score (nSPS) is 26.2. The number of hydrogen-bond donors (Lipinski definition) is 6. The van der Waals surface area contributed by atoms with Gasteiger partial charge in [0.1, 0.15) is 54.2 Å². The standard InChI is InChI=1S/C32H39N3O11/c1-16-7-22(37)20-9-19-10-25(46-43-15-24(39)29(42)28(41)23(38)14-36)32(2,5-3-17-8-26(40)34-11-17)45-30(19)27(31(20)44-16)35-12-18-4-6-33-21(18)13-35/h4,6-7,9,12,17,23-25,28-29,36,38-39,41-42H,3,5,8,10-11,13-15H2,1-2H3,(H,34,40)/t17-,23-,24+,25-,28-,29-,32-/m1/s1. The molecule has 0 aliphatic carbocycles. The van der Waals surface area contributed by atoms with Crippen molar-refractivity contribution in [3.05, 3.63) is 57.7 Å². The number of aliphatic imine (C=N–C) groups is 1. The summed E-state index contributed by atoms with van der Waals surface area (Å²) in [6.07, 6.45) is -0.406. The number of fused-ring (bicyclic) bond motifs is 3. The van der Waals surface area contributed by atoms with Crippen molar-refractivity contribution in [3.63, 3.8) is 0 Å². The molecule has 6 rings (SSSR count). The highest BCUT2D eigenvalue weighted by Gasteiger charge is 2.46. The Balaban J connectivity index is 1.33. The third-order valence-electron chi connectivity index (χ3n) is 9.15. The summed E-state index contributed by atoms with van der Waals surface area (Å²) in [5, 5.41) is 52.4. The molecule has 4 aliphatic rings. The van der Waals surface area contributed by atoms with Gasteiger partial charge in [0.15, 0.2) is 16.8 Å². The van der Waals surface area contributed by atoms with E-state index in [1.54, 1.807) is 19.2 Å². The second kappa shape index (κ2) is 12.9. The maximum absolute atomic E-state index is 13.2. The van der Waals surface area contributed by atoms with E-state index in [0.717, 1.165) is 11.3 Å². The first kappa shape index (κ1) is 32.3. The lowest BCUT2D eigenvalue weighted by Gasteiger charge is -2.43. The first-order valence-electron chi connectivity index (χ1n) is 15.4. The van der Waals surface area contributed by atoms with Crippen molar-refractivity contribution >= 4 is 28.3 Å². The molecule has 0 radical (unpaired) electrons. The quantitative estimate of drug-likeness (QED) is 0.135. The van der Waals surface area contributed by atoms with Crippen LogP contribution in [-0.4, -0.2) is 99.6 Å². The number of nitrogens with zero attached hydrogens (tertiary/aromatic N) is 2. The van der Waals surface area contributed by atoms with Gasteiger partial charge in [-0.25, -0.2) is 9.78 Å². The number of aliphatic hydroxyl groups excluding tert-OH is 5. The van der Waals surface area contributed by atoms with Gasteiger partial charge in [0, 0.05) is 49.0 Å². The molecule has 1 aromatic heterocycles. The molecule has 5 heterocycles. The number of benzene rings is 1. The molecule has 1 saturated heterocycles. The van der Waals surface area contributed by atoms with Crippen LogP contribution < -0.4 is 20.4 Å². The Hall–Kier alpha value is -3.63. The predicted molar refractivity (Wildman–Crippen MR) is 164 cm³/mol. The summed E-state index contributed by atoms with van der Waals surface area (Å²) in [5.41, 5.74) is 2.22. The lowest BCUT2D eigenvalue weighted by Crippen LogP contribution is -2.51. The monoisotopic (exact) mass is 641 g/mol. The number of rotatable bonds is 12. The summed E-state index contributed by atoms with van der Waals surface area (Å²) in [6.45, 7) is 3.20. The average molecular weight is 642 g/mol. The van der Waals surface area contributed by atoms with E-state index in [4.69, 9.17) is 24.0 Å². The molecule has 7 atom stereocenters. The van der Waals surface area contributed by atoms with Gasteiger partial charge in [-0.05, 0) is 44.7 Å². The zero-order valence-corrected chi connectivity index (χ0v) is 25.6. The number of amides is 1. The van der Waals surface area contributed by atoms with Crippen molar-refractivity contribution < 1.29 is 49.3 Å². The molecule has 248 valence electrons. The Bertz CT molecular complexity index is 1650. The molecule has 6 N–H and O–H groups in total. The molecule has 46 heavy (non-hydrogen) atoms. The van der Waals surface area contributed by atoms with E-state index in [9.17, 15) is 30.0 Å². The Morgan fingerprint density at radius 2 is 1.93 bits per heavy atom. The van der Waals surface area contributed by atoms with Crippen molar-refractivity contribution in [2.24, 2.45) is 10.9 Å². The van der Waals surface area contributed by atoms with Crippen LogP contribution in [0.15, 0.2) is 50.4 Å². The van der Waals surface area contributed by atoms with Gasteiger partial charge in [-0.3, -0.25) is 14.6 Å². The highest BCUT2D eigenvalue weighted by molar-refractivity contribution is 6.12. The zero-order valence-electron chi connectivity index (χ0n) is 25.6. The Kier molecular flexibility index (Phi) is 9.04. The maximum atomic E-state index is 13.2. The number of carbonyl (C=O) groups excluding carboxylic acids is 1. The van der Waals surface area contributed by atoms with E-state index in [1.165, 1.54) is 6.07 Å². The van der Waals surface area contributed by atoms with E-state index in [2.05, 4.69) is 10.3 Å². The molecule has 1 aromatic carbocycles. The number of ether oxygens (including phenoxy) is 1. The second-order valence-electron chi connectivity index (χ2n) is 12.6. The molecule has 0 spiro atoms. The van der Waals surface area contributed by atoms with Gasteiger partial charge in [-0.15, -0.1) is 0 Å². The van der Waals surface area contributed by atoms with Crippen LogP contribution >= 0.6 is 0 Å². The number of hydrogen-bond acceptors (Lipinski definition) is 13. The molecule has 1 amide bonds. The van der Waals surface area contributed by atoms with Gasteiger partial charge >= 0.3 is 0 Å². The predicted octanol–water partition coefficient (Wildman–Crippen LogP) is 0.136. The minimum Gasteiger partial charge on any atom is -0.482 e. The fraction of sp³-hybridized carbons (Fsp3) is 0.531. The Morgan fingerprint density at radius 1 is 1.15 bits per heavy atom. The summed E-state index contributed by atoms with van der Waals surface area (Å²) in [4.78, 5) is 42.7. The number of nitrogens with one attached hydrogen (secondary N) is 1. The van der Waals surface area contributed by atoms with E-state index in [1.807, 2.05) is 24.1 Å². The summed E-state index contributed by atoms with van der Waals surface area (Å²) < 4.78 is 13.0. The number of aliphatic hydroxyl groups is 5. The van der Waals surface area contributed by atoms with Crippen LogP contribution in [0.5, 0.6) is 5.75 Å². The van der Waals surface area contributed by atoms with Crippen molar-refractivity contribution in [1.82, 2.24) is 5.32 Å². The molecule has 14 heteroatoms. The van der Waals surface area contributed by atoms with Crippen molar-refractivity contribution in [1.29, 1.82) is 0 Å². The largest absolute Gasteiger partial charge is 0.482 e. The number of aryl methyl sites for hydroxylation is 1. The molecule has 1 fully saturated rings. The van der Waals surface area contributed by atoms with Crippen molar-refractivity contribution in [3.8, 4) is 5.75 Å². The minimum atomic E-state index is -1.82. The minimum absolute atomic E-state index is 0.00835. The summed E-state index contributed by atoms with van der Waals surface area (Å²) >= 11 is 0. The van der Waals surface area contributed by atoms with E-state index >= 15 is 0 Å². The summed E-state index contributed by atoms with van der Waals surface area (Å²) in [6, 6.07) is 3.15. The fourth-order valence-corrected chi connectivity index (χ4v) is 6.37. The van der Waals surface area contributed by atoms with Gasteiger partial charge in [-0.2, -0.15) is 0 Å². The highest BCUT2D eigenvalue weighted by atomic mass is 17.2. The van der Waals surface area contributed by atoms with Crippen LogP contribution in [0, 0.1) is 12.8 Å². The van der Waals surface area contributed by atoms with E-state index in [-0.39, 0.29) is 23.7 Å². The highest BCUT2D eigenvalue weighted by Crippen LogP contribution is 2.48. The SMILES string of the molecule is Cc1cc(=O)c2cc3c(c(N4C=C5C=CN=C5C4)c2o1)O[C@](C)(CC[C@H]1CNC(=O)C1)[C@H](OOC[C@H](O)[C@@H](O)[C@H](O)[C@H](O)CO)C3. The molecule has 2 aromatic rings. The van der Waals surface area contributed by atoms with E-state index in [0.29, 0.717) is 66.1 Å². The Morgan fingerprint density at radius 3 is 2.65 bits per heavy atom. The molecule has 4 aliphatic heterocycles. The van der Waals surface area contributed by atoms with Gasteiger partial charge in [0.2, 0.25) is 5.91 Å². The van der Waals surface area contributed by atoms with Gasteiger partial charge in [0.05, 0.1) is 24.2 Å². The molecule has 0 bridgehead atoms. The summed E-state index contributed by atoms with van der Waals surface area (Å²) in [5.74, 6) is 1.05. The van der Waals surface area contributed by atoms with Crippen LogP contribution in [0.3, 0.4) is 0 Å².